The first kappa shape index (κ1) is 16.0. The van der Waals surface area contributed by atoms with Crippen LogP contribution in [0.15, 0.2) is 48.5 Å². The molecule has 1 aliphatic heterocycles. The highest BCUT2D eigenvalue weighted by molar-refractivity contribution is 5.34. The second kappa shape index (κ2) is 7.62. The molecule has 0 spiro atoms. The van der Waals surface area contributed by atoms with Gasteiger partial charge in [0.25, 0.3) is 0 Å². The highest BCUT2D eigenvalue weighted by Crippen LogP contribution is 2.27. The van der Waals surface area contributed by atoms with Gasteiger partial charge in [-0.05, 0) is 43.5 Å². The van der Waals surface area contributed by atoms with Crippen molar-refractivity contribution in [3.8, 4) is 5.75 Å². The predicted octanol–water partition coefficient (Wildman–Crippen LogP) is 3.59. The maximum Gasteiger partial charge on any atom is 0.123 e. The van der Waals surface area contributed by atoms with Crippen LogP contribution in [0.25, 0.3) is 0 Å². The largest absolute Gasteiger partial charge is 0.496 e. The Kier molecular flexibility index (Phi) is 5.31. The molecule has 0 radical (unpaired) electrons. The van der Waals surface area contributed by atoms with Gasteiger partial charge in [0.15, 0.2) is 0 Å². The molecular weight excluding hydrogens is 284 g/mol. The van der Waals surface area contributed by atoms with Crippen molar-refractivity contribution in [2.75, 3.05) is 13.7 Å². The fourth-order valence-electron chi connectivity index (χ4n) is 3.46. The number of para-hydroxylation sites is 1. The fraction of sp³-hybridized carbons (Fsp3) is 0.400. The number of ether oxygens (including phenoxy) is 1. The third-order valence-corrected chi connectivity index (χ3v) is 4.73. The summed E-state index contributed by atoms with van der Waals surface area (Å²) in [6.45, 7) is 4.12. The molecule has 1 aliphatic rings. The molecular formula is C20H26N2O. The topological polar surface area (TPSA) is 33.3 Å². The lowest BCUT2D eigenvalue weighted by atomic mass is 9.89. The van der Waals surface area contributed by atoms with Gasteiger partial charge in [0.2, 0.25) is 0 Å². The zero-order valence-corrected chi connectivity index (χ0v) is 14.0. The summed E-state index contributed by atoms with van der Waals surface area (Å²) in [4.78, 5) is 0. The first-order valence-corrected chi connectivity index (χ1v) is 8.44. The van der Waals surface area contributed by atoms with E-state index < -0.39 is 0 Å². The summed E-state index contributed by atoms with van der Waals surface area (Å²) in [7, 11) is 1.73. The van der Waals surface area contributed by atoms with Gasteiger partial charge in [-0.1, -0.05) is 42.5 Å². The molecule has 0 aromatic heterocycles. The molecule has 0 bridgehead atoms. The molecule has 2 aromatic carbocycles. The smallest absolute Gasteiger partial charge is 0.123 e. The fourth-order valence-corrected chi connectivity index (χ4v) is 3.46. The molecule has 1 heterocycles. The second-order valence-electron chi connectivity index (χ2n) is 6.23. The van der Waals surface area contributed by atoms with Crippen molar-refractivity contribution in [2.24, 2.45) is 0 Å². The van der Waals surface area contributed by atoms with Crippen molar-refractivity contribution in [1.82, 2.24) is 10.6 Å². The van der Waals surface area contributed by atoms with E-state index in [9.17, 15) is 0 Å². The second-order valence-corrected chi connectivity index (χ2v) is 6.23. The number of piperidine rings is 1. The summed E-state index contributed by atoms with van der Waals surface area (Å²) in [6.07, 6.45) is 2.41. The van der Waals surface area contributed by atoms with E-state index in [0.29, 0.717) is 12.1 Å². The summed E-state index contributed by atoms with van der Waals surface area (Å²) in [5.41, 5.74) is 3.98. The van der Waals surface area contributed by atoms with E-state index in [0.717, 1.165) is 18.8 Å². The average Bonchev–Trinajstić information content (AvgIpc) is 2.61. The molecule has 3 rings (SSSR count). The quantitative estimate of drug-likeness (QED) is 0.885. The summed E-state index contributed by atoms with van der Waals surface area (Å²) in [5.74, 6) is 0.955. The van der Waals surface area contributed by atoms with Gasteiger partial charge < -0.3 is 15.4 Å². The van der Waals surface area contributed by atoms with Gasteiger partial charge in [-0.2, -0.15) is 0 Å². The van der Waals surface area contributed by atoms with Crippen LogP contribution in [0.4, 0.5) is 0 Å². The van der Waals surface area contributed by atoms with Crippen LogP contribution in [0.5, 0.6) is 5.75 Å². The Morgan fingerprint density at radius 2 is 1.91 bits per heavy atom. The number of methoxy groups -OCH3 is 1. The van der Waals surface area contributed by atoms with E-state index in [1.807, 2.05) is 12.1 Å². The molecule has 0 amide bonds. The molecule has 23 heavy (non-hydrogen) atoms. The van der Waals surface area contributed by atoms with Crippen LogP contribution in [-0.4, -0.2) is 19.7 Å². The molecule has 1 saturated heterocycles. The van der Waals surface area contributed by atoms with E-state index >= 15 is 0 Å². The van der Waals surface area contributed by atoms with Gasteiger partial charge in [0.1, 0.15) is 5.75 Å². The zero-order chi connectivity index (χ0) is 16.1. The first-order valence-electron chi connectivity index (χ1n) is 8.44. The molecule has 2 unspecified atom stereocenters. The minimum atomic E-state index is 0.375. The first-order chi connectivity index (χ1) is 11.3. The average molecular weight is 310 g/mol. The molecule has 2 atom stereocenters. The van der Waals surface area contributed by atoms with E-state index in [-0.39, 0.29) is 0 Å². The summed E-state index contributed by atoms with van der Waals surface area (Å²) < 4.78 is 5.46. The minimum Gasteiger partial charge on any atom is -0.496 e. The Balaban J connectivity index is 1.73. The van der Waals surface area contributed by atoms with Gasteiger partial charge in [0, 0.05) is 24.2 Å². The molecule has 2 N–H and O–H groups in total. The Labute approximate surface area is 139 Å². The number of rotatable bonds is 5. The van der Waals surface area contributed by atoms with Gasteiger partial charge in [-0.15, -0.1) is 0 Å². The van der Waals surface area contributed by atoms with Crippen molar-refractivity contribution >= 4 is 0 Å². The number of hydrogen-bond donors (Lipinski definition) is 2. The van der Waals surface area contributed by atoms with Crippen molar-refractivity contribution < 1.29 is 4.74 Å². The third-order valence-electron chi connectivity index (χ3n) is 4.73. The maximum absolute atomic E-state index is 5.46. The summed E-state index contributed by atoms with van der Waals surface area (Å²) >= 11 is 0. The van der Waals surface area contributed by atoms with Crippen molar-refractivity contribution in [2.45, 2.75) is 38.4 Å². The molecule has 2 aromatic rings. The van der Waals surface area contributed by atoms with E-state index in [2.05, 4.69) is 54.0 Å². The normalized spacial score (nSPS) is 21.1. The third kappa shape index (κ3) is 3.74. The Bertz CT molecular complexity index is 641. The highest BCUT2D eigenvalue weighted by atomic mass is 16.5. The maximum atomic E-state index is 5.46. The number of benzene rings is 2. The lowest BCUT2D eigenvalue weighted by Gasteiger charge is -2.34. The molecule has 1 fully saturated rings. The molecule has 3 nitrogen and oxygen atoms in total. The predicted molar refractivity (Wildman–Crippen MR) is 94.8 cm³/mol. The van der Waals surface area contributed by atoms with Crippen LogP contribution >= 0.6 is 0 Å². The highest BCUT2D eigenvalue weighted by Gasteiger charge is 2.26. The molecule has 3 heteroatoms. The van der Waals surface area contributed by atoms with Crippen LogP contribution in [-0.2, 0) is 6.54 Å². The van der Waals surface area contributed by atoms with Crippen LogP contribution in [0.1, 0.15) is 35.6 Å². The molecule has 122 valence electrons. The lowest BCUT2D eigenvalue weighted by molar-refractivity contribution is 0.302. The van der Waals surface area contributed by atoms with Gasteiger partial charge in [0.05, 0.1) is 7.11 Å². The SMILES string of the molecule is COc1ccccc1CNC1CCCNC1c1ccccc1C. The summed E-state index contributed by atoms with van der Waals surface area (Å²) in [6, 6.07) is 17.7. The lowest BCUT2D eigenvalue weighted by Crippen LogP contribution is -2.45. The van der Waals surface area contributed by atoms with Crippen LogP contribution in [0, 0.1) is 6.92 Å². The monoisotopic (exact) mass is 310 g/mol. The van der Waals surface area contributed by atoms with E-state index in [1.54, 1.807) is 7.11 Å². The van der Waals surface area contributed by atoms with Crippen molar-refractivity contribution in [3.05, 3.63) is 65.2 Å². The van der Waals surface area contributed by atoms with Crippen LogP contribution in [0.2, 0.25) is 0 Å². The van der Waals surface area contributed by atoms with Crippen molar-refractivity contribution in [3.63, 3.8) is 0 Å². The van der Waals surface area contributed by atoms with Gasteiger partial charge in [-0.3, -0.25) is 0 Å². The van der Waals surface area contributed by atoms with E-state index in [4.69, 9.17) is 4.74 Å². The van der Waals surface area contributed by atoms with Gasteiger partial charge in [-0.25, -0.2) is 0 Å². The summed E-state index contributed by atoms with van der Waals surface area (Å²) in [5, 5.41) is 7.44. The van der Waals surface area contributed by atoms with Gasteiger partial charge >= 0.3 is 0 Å². The van der Waals surface area contributed by atoms with E-state index in [1.165, 1.54) is 29.5 Å². The zero-order valence-electron chi connectivity index (χ0n) is 14.0. The van der Waals surface area contributed by atoms with Crippen LogP contribution < -0.4 is 15.4 Å². The van der Waals surface area contributed by atoms with Crippen molar-refractivity contribution in [1.29, 1.82) is 0 Å². The Morgan fingerprint density at radius 1 is 1.13 bits per heavy atom. The Hall–Kier alpha value is -1.84. The standard InChI is InChI=1S/C20H26N2O/c1-15-8-3-5-10-17(15)20-18(11-7-13-21-20)22-14-16-9-4-6-12-19(16)23-2/h3-6,8-10,12,18,20-22H,7,11,13-14H2,1-2H3. The molecule has 0 aliphatic carbocycles. The molecule has 0 saturated carbocycles. The minimum absolute atomic E-state index is 0.375. The van der Waals surface area contributed by atoms with Crippen LogP contribution in [0.3, 0.4) is 0 Å². The Morgan fingerprint density at radius 3 is 2.74 bits per heavy atom. The number of hydrogen-bond acceptors (Lipinski definition) is 3. The number of nitrogens with one attached hydrogen (secondary N) is 2. The number of aryl methyl sites for hydroxylation is 1.